The standard InChI is InChI=1S/C11H15NO4S/c1-3-4-12(6-10(13)14)11(15)9-5-8(16-2)7-17-9/h5,7H,3-4,6H2,1-2H3,(H,13,14). The summed E-state index contributed by atoms with van der Waals surface area (Å²) in [5, 5.41) is 10.5. The molecule has 94 valence electrons. The number of carboxylic acid groups (broad SMARTS) is 1. The highest BCUT2D eigenvalue weighted by Gasteiger charge is 2.19. The fourth-order valence-corrected chi connectivity index (χ4v) is 2.20. The second-order valence-corrected chi connectivity index (χ2v) is 4.38. The summed E-state index contributed by atoms with van der Waals surface area (Å²) in [6, 6.07) is 1.62. The zero-order valence-electron chi connectivity index (χ0n) is 9.80. The summed E-state index contributed by atoms with van der Waals surface area (Å²) in [7, 11) is 1.53. The predicted molar refractivity (Wildman–Crippen MR) is 64.7 cm³/mol. The number of aliphatic carboxylic acids is 1. The van der Waals surface area contributed by atoms with Gasteiger partial charge < -0.3 is 14.7 Å². The molecule has 0 radical (unpaired) electrons. The number of ether oxygens (including phenoxy) is 1. The first-order valence-corrected chi connectivity index (χ1v) is 6.10. The van der Waals surface area contributed by atoms with Crippen molar-refractivity contribution in [2.45, 2.75) is 13.3 Å². The molecule has 1 amide bonds. The summed E-state index contributed by atoms with van der Waals surface area (Å²) in [5.74, 6) is -0.650. The van der Waals surface area contributed by atoms with Gasteiger partial charge in [0, 0.05) is 18.0 Å². The molecule has 17 heavy (non-hydrogen) atoms. The molecule has 1 aromatic heterocycles. The SMILES string of the molecule is CCCN(CC(=O)O)C(=O)c1cc(OC)cs1. The van der Waals surface area contributed by atoms with E-state index in [2.05, 4.69) is 0 Å². The zero-order chi connectivity index (χ0) is 12.8. The summed E-state index contributed by atoms with van der Waals surface area (Å²) in [5.41, 5.74) is 0. The first-order chi connectivity index (χ1) is 8.08. The van der Waals surface area contributed by atoms with Crippen LogP contribution < -0.4 is 4.74 Å². The van der Waals surface area contributed by atoms with E-state index in [1.807, 2.05) is 6.92 Å². The Balaban J connectivity index is 2.79. The molecule has 1 aromatic rings. The average Bonchev–Trinajstić information content (AvgIpc) is 2.75. The number of amides is 1. The maximum atomic E-state index is 12.0. The van der Waals surface area contributed by atoms with Gasteiger partial charge in [-0.1, -0.05) is 6.92 Å². The molecule has 6 heteroatoms. The Labute approximate surface area is 104 Å². The number of carboxylic acids is 1. The molecule has 0 fully saturated rings. The molecular weight excluding hydrogens is 242 g/mol. The molecule has 0 bridgehead atoms. The summed E-state index contributed by atoms with van der Waals surface area (Å²) >= 11 is 1.25. The van der Waals surface area contributed by atoms with Crippen LogP contribution in [0.25, 0.3) is 0 Å². The van der Waals surface area contributed by atoms with Crippen LogP contribution in [0.3, 0.4) is 0 Å². The van der Waals surface area contributed by atoms with Gasteiger partial charge in [-0.2, -0.15) is 0 Å². The van der Waals surface area contributed by atoms with Crippen LogP contribution in [-0.4, -0.2) is 42.1 Å². The van der Waals surface area contributed by atoms with Crippen molar-refractivity contribution in [1.82, 2.24) is 4.90 Å². The van der Waals surface area contributed by atoms with E-state index in [9.17, 15) is 9.59 Å². The highest BCUT2D eigenvalue weighted by Crippen LogP contribution is 2.22. The number of hydrogen-bond acceptors (Lipinski definition) is 4. The van der Waals surface area contributed by atoms with E-state index in [-0.39, 0.29) is 12.5 Å². The van der Waals surface area contributed by atoms with Gasteiger partial charge >= 0.3 is 5.97 Å². The van der Waals surface area contributed by atoms with Gasteiger partial charge in [0.2, 0.25) is 0 Å². The van der Waals surface area contributed by atoms with E-state index in [1.165, 1.54) is 23.3 Å². The minimum absolute atomic E-state index is 0.262. The Morgan fingerprint density at radius 2 is 2.24 bits per heavy atom. The number of rotatable bonds is 6. The molecular formula is C11H15NO4S. The van der Waals surface area contributed by atoms with Crippen molar-refractivity contribution >= 4 is 23.2 Å². The minimum Gasteiger partial charge on any atom is -0.496 e. The number of carbonyl (C=O) groups is 2. The normalized spacial score (nSPS) is 10.0. The maximum absolute atomic E-state index is 12.0. The van der Waals surface area contributed by atoms with Crippen LogP contribution in [0.4, 0.5) is 0 Å². The highest BCUT2D eigenvalue weighted by atomic mass is 32.1. The molecule has 0 saturated heterocycles. The van der Waals surface area contributed by atoms with Gasteiger partial charge in [-0.25, -0.2) is 0 Å². The summed E-state index contributed by atoms with van der Waals surface area (Å²) in [6.45, 7) is 2.06. The molecule has 0 aliphatic carbocycles. The summed E-state index contributed by atoms with van der Waals surface area (Å²) in [6.07, 6.45) is 0.724. The molecule has 0 spiro atoms. The van der Waals surface area contributed by atoms with E-state index in [1.54, 1.807) is 11.4 Å². The summed E-state index contributed by atoms with van der Waals surface area (Å²) < 4.78 is 4.99. The smallest absolute Gasteiger partial charge is 0.323 e. The molecule has 0 aliphatic heterocycles. The van der Waals surface area contributed by atoms with Gasteiger partial charge in [0.1, 0.15) is 12.3 Å². The van der Waals surface area contributed by atoms with Crippen LogP contribution in [0.15, 0.2) is 11.4 Å². The fraction of sp³-hybridized carbons (Fsp3) is 0.455. The first-order valence-electron chi connectivity index (χ1n) is 5.22. The highest BCUT2D eigenvalue weighted by molar-refractivity contribution is 7.12. The zero-order valence-corrected chi connectivity index (χ0v) is 10.6. The quantitative estimate of drug-likeness (QED) is 0.842. The van der Waals surface area contributed by atoms with Gasteiger partial charge in [-0.3, -0.25) is 9.59 Å². The largest absolute Gasteiger partial charge is 0.496 e. The topological polar surface area (TPSA) is 66.8 Å². The third-order valence-electron chi connectivity index (χ3n) is 2.13. The van der Waals surface area contributed by atoms with E-state index in [0.717, 1.165) is 6.42 Å². The average molecular weight is 257 g/mol. The van der Waals surface area contributed by atoms with E-state index < -0.39 is 5.97 Å². The van der Waals surface area contributed by atoms with Crippen molar-refractivity contribution in [3.05, 3.63) is 16.3 Å². The Hall–Kier alpha value is -1.56. The van der Waals surface area contributed by atoms with Gasteiger partial charge in [0.05, 0.1) is 12.0 Å². The first kappa shape index (κ1) is 13.5. The Morgan fingerprint density at radius 1 is 1.53 bits per heavy atom. The van der Waals surface area contributed by atoms with E-state index in [4.69, 9.17) is 9.84 Å². The lowest BCUT2D eigenvalue weighted by Gasteiger charge is -2.18. The van der Waals surface area contributed by atoms with Crippen molar-refractivity contribution < 1.29 is 19.4 Å². The molecule has 1 N–H and O–H groups in total. The van der Waals surface area contributed by atoms with E-state index in [0.29, 0.717) is 17.2 Å². The molecule has 0 saturated carbocycles. The lowest BCUT2D eigenvalue weighted by atomic mass is 10.3. The van der Waals surface area contributed by atoms with Gasteiger partial charge in [-0.15, -0.1) is 11.3 Å². The lowest BCUT2D eigenvalue weighted by molar-refractivity contribution is -0.137. The molecule has 0 unspecified atom stereocenters. The summed E-state index contributed by atoms with van der Waals surface area (Å²) in [4.78, 5) is 24.5. The number of carbonyl (C=O) groups excluding carboxylic acids is 1. The molecule has 0 aliphatic rings. The molecule has 0 aromatic carbocycles. The lowest BCUT2D eigenvalue weighted by Crippen LogP contribution is -2.35. The second kappa shape index (κ2) is 6.24. The Morgan fingerprint density at radius 3 is 2.71 bits per heavy atom. The fourth-order valence-electron chi connectivity index (χ4n) is 1.38. The van der Waals surface area contributed by atoms with Crippen LogP contribution in [0.1, 0.15) is 23.0 Å². The van der Waals surface area contributed by atoms with Crippen LogP contribution >= 0.6 is 11.3 Å². The number of thiophene rings is 1. The number of nitrogens with zero attached hydrogens (tertiary/aromatic N) is 1. The van der Waals surface area contributed by atoms with Gasteiger partial charge in [0.25, 0.3) is 5.91 Å². The van der Waals surface area contributed by atoms with Gasteiger partial charge in [0.15, 0.2) is 0 Å². The Kier molecular flexibility index (Phi) is 4.96. The van der Waals surface area contributed by atoms with Gasteiger partial charge in [-0.05, 0) is 6.42 Å². The predicted octanol–water partition coefficient (Wildman–Crippen LogP) is 1.69. The maximum Gasteiger partial charge on any atom is 0.323 e. The van der Waals surface area contributed by atoms with Crippen LogP contribution in [0.2, 0.25) is 0 Å². The monoisotopic (exact) mass is 257 g/mol. The number of hydrogen-bond donors (Lipinski definition) is 1. The van der Waals surface area contributed by atoms with Crippen molar-refractivity contribution in [3.63, 3.8) is 0 Å². The van der Waals surface area contributed by atoms with Crippen molar-refractivity contribution in [2.75, 3.05) is 20.2 Å². The molecule has 0 atom stereocenters. The van der Waals surface area contributed by atoms with Crippen LogP contribution in [-0.2, 0) is 4.79 Å². The second-order valence-electron chi connectivity index (χ2n) is 3.47. The minimum atomic E-state index is -1.00. The molecule has 1 rings (SSSR count). The Bertz CT molecular complexity index is 402. The van der Waals surface area contributed by atoms with Crippen LogP contribution in [0, 0.1) is 0 Å². The van der Waals surface area contributed by atoms with Crippen molar-refractivity contribution in [2.24, 2.45) is 0 Å². The van der Waals surface area contributed by atoms with E-state index >= 15 is 0 Å². The third-order valence-corrected chi connectivity index (χ3v) is 3.03. The third kappa shape index (κ3) is 3.74. The van der Waals surface area contributed by atoms with Crippen molar-refractivity contribution in [3.8, 4) is 5.75 Å². The number of methoxy groups -OCH3 is 1. The van der Waals surface area contributed by atoms with Crippen molar-refractivity contribution in [1.29, 1.82) is 0 Å². The molecule has 1 heterocycles. The molecule has 5 nitrogen and oxygen atoms in total. The van der Waals surface area contributed by atoms with Crippen LogP contribution in [0.5, 0.6) is 5.75 Å².